The van der Waals surface area contributed by atoms with E-state index in [0.717, 1.165) is 22.8 Å². The number of nitrogens with one attached hydrogen (secondary N) is 1. The molecule has 0 fully saturated rings. The van der Waals surface area contributed by atoms with E-state index in [9.17, 15) is 12.8 Å². The van der Waals surface area contributed by atoms with Gasteiger partial charge in [0.15, 0.2) is 0 Å². The fourth-order valence-electron chi connectivity index (χ4n) is 2.09. The summed E-state index contributed by atoms with van der Waals surface area (Å²) in [5.74, 6) is -0.750. The number of rotatable bonds is 4. The maximum Gasteiger partial charge on any atom is 0.243 e. The van der Waals surface area contributed by atoms with Gasteiger partial charge in [-0.15, -0.1) is 0 Å². The van der Waals surface area contributed by atoms with Gasteiger partial charge in [-0.3, -0.25) is 0 Å². The van der Waals surface area contributed by atoms with Crippen LogP contribution in [0.4, 0.5) is 4.39 Å². The van der Waals surface area contributed by atoms with E-state index in [2.05, 4.69) is 4.72 Å². The fourth-order valence-corrected chi connectivity index (χ4v) is 3.18. The van der Waals surface area contributed by atoms with Gasteiger partial charge in [0, 0.05) is 6.54 Å². The van der Waals surface area contributed by atoms with Crippen LogP contribution in [0.2, 0.25) is 0 Å². The minimum absolute atomic E-state index is 0.138. The van der Waals surface area contributed by atoms with Crippen molar-refractivity contribution >= 4 is 10.0 Å². The zero-order valence-corrected chi connectivity index (χ0v) is 12.2. The molecule has 0 heterocycles. The highest BCUT2D eigenvalue weighted by molar-refractivity contribution is 7.89. The highest BCUT2D eigenvalue weighted by atomic mass is 32.2. The molecule has 2 rings (SSSR count). The van der Waals surface area contributed by atoms with Crippen molar-refractivity contribution in [1.82, 2.24) is 4.72 Å². The van der Waals surface area contributed by atoms with E-state index >= 15 is 0 Å². The molecule has 2 aromatic carbocycles. The average Bonchev–Trinajstić information content (AvgIpc) is 2.36. The lowest BCUT2D eigenvalue weighted by atomic mass is 10.1. The third kappa shape index (κ3) is 3.43. The lowest BCUT2D eigenvalue weighted by molar-refractivity contribution is 0.557. The highest BCUT2D eigenvalue weighted by Gasteiger charge is 2.17. The SMILES string of the molecule is Cc1cc(C)cc(CNS(=O)(=O)c2ccccc2F)c1. The van der Waals surface area contributed by atoms with E-state index in [0.29, 0.717) is 0 Å². The molecule has 0 spiro atoms. The Morgan fingerprint density at radius 1 is 1.05 bits per heavy atom. The summed E-state index contributed by atoms with van der Waals surface area (Å²) in [6.45, 7) is 4.03. The van der Waals surface area contributed by atoms with Gasteiger partial charge in [-0.1, -0.05) is 41.5 Å². The van der Waals surface area contributed by atoms with Crippen molar-refractivity contribution in [3.8, 4) is 0 Å². The molecule has 0 unspecified atom stereocenters. The third-order valence-corrected chi connectivity index (χ3v) is 4.31. The topological polar surface area (TPSA) is 46.2 Å². The third-order valence-electron chi connectivity index (χ3n) is 2.87. The Morgan fingerprint density at radius 3 is 2.25 bits per heavy atom. The van der Waals surface area contributed by atoms with Crippen LogP contribution in [-0.2, 0) is 16.6 Å². The maximum atomic E-state index is 13.5. The molecule has 0 saturated carbocycles. The molecule has 2 aromatic rings. The molecule has 0 aliphatic rings. The molecule has 0 radical (unpaired) electrons. The molecular formula is C15H16FNO2S. The van der Waals surface area contributed by atoms with Gasteiger partial charge in [-0.25, -0.2) is 17.5 Å². The van der Waals surface area contributed by atoms with Crippen LogP contribution in [0.5, 0.6) is 0 Å². The lowest BCUT2D eigenvalue weighted by Crippen LogP contribution is -2.24. The summed E-state index contributed by atoms with van der Waals surface area (Å²) < 4.78 is 40.0. The Kier molecular flexibility index (Phi) is 4.20. The second-order valence-corrected chi connectivity index (χ2v) is 6.49. The molecular weight excluding hydrogens is 277 g/mol. The summed E-state index contributed by atoms with van der Waals surface area (Å²) in [6, 6.07) is 11.1. The Balaban J connectivity index is 2.20. The predicted octanol–water partition coefficient (Wildman–Crippen LogP) is 2.92. The van der Waals surface area contributed by atoms with Gasteiger partial charge < -0.3 is 0 Å². The molecule has 20 heavy (non-hydrogen) atoms. The molecule has 3 nitrogen and oxygen atoms in total. The zero-order chi connectivity index (χ0) is 14.8. The molecule has 5 heteroatoms. The van der Waals surface area contributed by atoms with Gasteiger partial charge >= 0.3 is 0 Å². The van der Waals surface area contributed by atoms with Crippen LogP contribution in [-0.4, -0.2) is 8.42 Å². The summed E-state index contributed by atoms with van der Waals surface area (Å²) >= 11 is 0. The van der Waals surface area contributed by atoms with Crippen LogP contribution in [0.15, 0.2) is 47.4 Å². The normalized spacial score (nSPS) is 11.6. The van der Waals surface area contributed by atoms with Crippen molar-refractivity contribution in [3.63, 3.8) is 0 Å². The van der Waals surface area contributed by atoms with Crippen molar-refractivity contribution in [2.45, 2.75) is 25.3 Å². The summed E-state index contributed by atoms with van der Waals surface area (Å²) in [7, 11) is -3.84. The Bertz CT molecular complexity index is 706. The Hall–Kier alpha value is -1.72. The predicted molar refractivity (Wildman–Crippen MR) is 76.3 cm³/mol. The number of halogens is 1. The Morgan fingerprint density at radius 2 is 1.65 bits per heavy atom. The second kappa shape index (κ2) is 5.73. The van der Waals surface area contributed by atoms with Crippen LogP contribution in [0.1, 0.15) is 16.7 Å². The maximum absolute atomic E-state index is 13.5. The molecule has 0 saturated heterocycles. The first-order valence-electron chi connectivity index (χ1n) is 6.20. The van der Waals surface area contributed by atoms with Gasteiger partial charge in [0.2, 0.25) is 10.0 Å². The first-order valence-corrected chi connectivity index (χ1v) is 7.68. The van der Waals surface area contributed by atoms with Crippen LogP contribution in [0, 0.1) is 19.7 Å². The molecule has 0 bridgehead atoms. The quantitative estimate of drug-likeness (QED) is 0.942. The van der Waals surface area contributed by atoms with E-state index in [4.69, 9.17) is 0 Å². The smallest absolute Gasteiger partial charge is 0.207 e. The van der Waals surface area contributed by atoms with E-state index < -0.39 is 15.8 Å². The zero-order valence-electron chi connectivity index (χ0n) is 11.4. The standard InChI is InChI=1S/C15H16FNO2S/c1-11-7-12(2)9-13(8-11)10-17-20(18,19)15-6-4-3-5-14(15)16/h3-9,17H,10H2,1-2H3. The number of sulfonamides is 1. The number of hydrogen-bond donors (Lipinski definition) is 1. The van der Waals surface area contributed by atoms with E-state index in [-0.39, 0.29) is 11.4 Å². The van der Waals surface area contributed by atoms with Crippen molar-refractivity contribution in [3.05, 3.63) is 65.0 Å². The summed E-state index contributed by atoms with van der Waals surface area (Å²) in [6.07, 6.45) is 0. The minimum Gasteiger partial charge on any atom is -0.207 e. The van der Waals surface area contributed by atoms with Gasteiger partial charge in [-0.05, 0) is 31.5 Å². The molecule has 106 valence electrons. The van der Waals surface area contributed by atoms with E-state index in [1.807, 2.05) is 32.0 Å². The second-order valence-electron chi connectivity index (χ2n) is 4.75. The summed E-state index contributed by atoms with van der Waals surface area (Å²) in [4.78, 5) is -0.329. The van der Waals surface area contributed by atoms with E-state index in [1.54, 1.807) is 0 Å². The van der Waals surface area contributed by atoms with E-state index in [1.165, 1.54) is 18.2 Å². The number of hydrogen-bond acceptors (Lipinski definition) is 2. The van der Waals surface area contributed by atoms with Gasteiger partial charge in [-0.2, -0.15) is 0 Å². The van der Waals surface area contributed by atoms with Crippen molar-refractivity contribution in [2.75, 3.05) is 0 Å². The average molecular weight is 293 g/mol. The first kappa shape index (κ1) is 14.7. The number of aryl methyl sites for hydroxylation is 2. The van der Waals surface area contributed by atoms with Crippen LogP contribution >= 0.6 is 0 Å². The van der Waals surface area contributed by atoms with Crippen LogP contribution < -0.4 is 4.72 Å². The molecule has 0 atom stereocenters. The monoisotopic (exact) mass is 293 g/mol. The largest absolute Gasteiger partial charge is 0.243 e. The first-order chi connectivity index (χ1) is 9.38. The molecule has 0 amide bonds. The van der Waals surface area contributed by atoms with Gasteiger partial charge in [0.25, 0.3) is 0 Å². The Labute approximate surface area is 118 Å². The summed E-state index contributed by atoms with van der Waals surface area (Å²) in [5.41, 5.74) is 2.97. The molecule has 1 N–H and O–H groups in total. The minimum atomic E-state index is -3.84. The lowest BCUT2D eigenvalue weighted by Gasteiger charge is -2.09. The van der Waals surface area contributed by atoms with Gasteiger partial charge in [0.1, 0.15) is 10.7 Å². The van der Waals surface area contributed by atoms with Crippen molar-refractivity contribution in [2.24, 2.45) is 0 Å². The van der Waals surface area contributed by atoms with Crippen molar-refractivity contribution in [1.29, 1.82) is 0 Å². The van der Waals surface area contributed by atoms with Crippen molar-refractivity contribution < 1.29 is 12.8 Å². The fraction of sp³-hybridized carbons (Fsp3) is 0.200. The van der Waals surface area contributed by atoms with Crippen LogP contribution in [0.3, 0.4) is 0 Å². The van der Waals surface area contributed by atoms with Gasteiger partial charge in [0.05, 0.1) is 0 Å². The summed E-state index contributed by atoms with van der Waals surface area (Å²) in [5, 5.41) is 0. The number of benzene rings is 2. The van der Waals surface area contributed by atoms with Crippen LogP contribution in [0.25, 0.3) is 0 Å². The molecule has 0 aromatic heterocycles. The molecule has 0 aliphatic carbocycles. The molecule has 0 aliphatic heterocycles. The highest BCUT2D eigenvalue weighted by Crippen LogP contribution is 2.14.